The third kappa shape index (κ3) is 4.40. The van der Waals surface area contributed by atoms with Crippen molar-refractivity contribution in [3.8, 4) is 5.75 Å². The van der Waals surface area contributed by atoms with Gasteiger partial charge < -0.3 is 19.8 Å². The Bertz CT molecular complexity index is 1050. The maximum atomic E-state index is 12.7. The van der Waals surface area contributed by atoms with Crippen molar-refractivity contribution in [1.82, 2.24) is 9.88 Å². The van der Waals surface area contributed by atoms with E-state index in [9.17, 15) is 18.0 Å². The number of H-pyrrole nitrogens is 1. The minimum absolute atomic E-state index is 0.0598. The van der Waals surface area contributed by atoms with Crippen molar-refractivity contribution >= 4 is 22.5 Å². The molecule has 2 N–H and O–H groups in total. The molecule has 9 heteroatoms. The van der Waals surface area contributed by atoms with Gasteiger partial charge in [-0.25, -0.2) is 0 Å². The number of anilines is 1. The summed E-state index contributed by atoms with van der Waals surface area (Å²) in [6.45, 7) is 2.30. The van der Waals surface area contributed by atoms with Gasteiger partial charge in [-0.3, -0.25) is 9.69 Å². The van der Waals surface area contributed by atoms with Crippen LogP contribution >= 0.6 is 0 Å². The average Bonchev–Trinajstić information content (AvgIpc) is 3.24. The summed E-state index contributed by atoms with van der Waals surface area (Å²) in [5, 5.41) is 3.99. The molecule has 6 rings (SSSR count). The lowest BCUT2D eigenvalue weighted by Crippen LogP contribution is -2.33. The highest BCUT2D eigenvalue weighted by Crippen LogP contribution is 2.51. The molecule has 3 heterocycles. The lowest BCUT2D eigenvalue weighted by molar-refractivity contribution is -0.144. The maximum Gasteiger partial charge on any atom is 0.401 e. The van der Waals surface area contributed by atoms with Gasteiger partial charge in [-0.15, -0.1) is 0 Å². The quantitative estimate of drug-likeness (QED) is 0.625. The number of hydrogen-bond donors (Lipinski definition) is 2. The second-order valence-electron chi connectivity index (χ2n) is 10.6. The summed E-state index contributed by atoms with van der Waals surface area (Å²) in [4.78, 5) is 17.4. The topological polar surface area (TPSA) is 66.6 Å². The molecule has 6 nitrogen and oxygen atoms in total. The first-order valence-corrected chi connectivity index (χ1v) is 12.3. The standard InChI is InChI=1S/C25H30F3N3O3/c26-25(27,28)13-31-9-15-5-14(6-16(15)10-31)3-4-34-17-1-2-21-18(7-17)22(8-29-21)30-24(32)23-19-11-33-12-20(19)23/h1-2,7-8,14-16,19-20,23,29H,3-6,9-13H2,(H,30,32)/t14-,15-,16+,19?,20?,23?. The Hall–Kier alpha value is -2.26. The Morgan fingerprint density at radius 2 is 1.91 bits per heavy atom. The van der Waals surface area contributed by atoms with Gasteiger partial charge in [-0.05, 0) is 67.1 Å². The van der Waals surface area contributed by atoms with E-state index in [1.165, 1.54) is 0 Å². The number of hydrogen-bond acceptors (Lipinski definition) is 4. The minimum atomic E-state index is -4.11. The molecule has 34 heavy (non-hydrogen) atoms. The molecular weight excluding hydrogens is 447 g/mol. The first-order valence-electron chi connectivity index (χ1n) is 12.3. The SMILES string of the molecule is O=C(Nc1c[nH]c2ccc(OCC[C@@H]3C[C@@H]4CN(CC(F)(F)F)C[C@@H]4C3)cc12)C1C2COCC21. The molecular formula is C25H30F3N3O3. The van der Waals surface area contributed by atoms with Gasteiger partial charge in [0.25, 0.3) is 0 Å². The van der Waals surface area contributed by atoms with Gasteiger partial charge in [0.2, 0.25) is 5.91 Å². The Labute approximate surface area is 196 Å². The Balaban J connectivity index is 0.997. The number of aromatic nitrogens is 1. The number of fused-ring (bicyclic) bond motifs is 3. The summed E-state index contributed by atoms with van der Waals surface area (Å²) in [6.07, 6.45) is 0.599. The molecule has 2 saturated heterocycles. The number of aromatic amines is 1. The van der Waals surface area contributed by atoms with Gasteiger partial charge in [0, 0.05) is 36.1 Å². The maximum absolute atomic E-state index is 12.7. The van der Waals surface area contributed by atoms with Crippen LogP contribution in [0.15, 0.2) is 24.4 Å². The molecule has 1 aromatic heterocycles. The molecule has 4 aliphatic rings. The van der Waals surface area contributed by atoms with Crippen molar-refractivity contribution in [2.45, 2.75) is 25.4 Å². The van der Waals surface area contributed by atoms with E-state index < -0.39 is 12.7 Å². The van der Waals surface area contributed by atoms with Gasteiger partial charge in [0.1, 0.15) is 5.75 Å². The molecule has 2 aliphatic carbocycles. The number of benzene rings is 1. The molecule has 1 aromatic carbocycles. The van der Waals surface area contributed by atoms with Crippen molar-refractivity contribution in [1.29, 1.82) is 0 Å². The van der Waals surface area contributed by atoms with E-state index in [1.54, 1.807) is 4.90 Å². The number of halogens is 3. The Morgan fingerprint density at radius 1 is 1.18 bits per heavy atom. The first-order chi connectivity index (χ1) is 16.3. The Kier molecular flexibility index (Phi) is 5.52. The van der Waals surface area contributed by atoms with Crippen LogP contribution in [0.3, 0.4) is 0 Å². The van der Waals surface area contributed by atoms with E-state index in [-0.39, 0.29) is 11.8 Å². The molecule has 5 atom stereocenters. The van der Waals surface area contributed by atoms with E-state index in [2.05, 4.69) is 10.3 Å². The normalized spacial score (nSPS) is 32.7. The molecule has 2 unspecified atom stereocenters. The highest BCUT2D eigenvalue weighted by molar-refractivity contribution is 6.03. The van der Waals surface area contributed by atoms with Crippen LogP contribution in [0, 0.1) is 35.5 Å². The van der Waals surface area contributed by atoms with Crippen LogP contribution in [-0.4, -0.2) is 61.4 Å². The summed E-state index contributed by atoms with van der Waals surface area (Å²) in [7, 11) is 0. The van der Waals surface area contributed by atoms with E-state index in [4.69, 9.17) is 9.47 Å². The molecule has 0 radical (unpaired) electrons. The highest BCUT2D eigenvalue weighted by atomic mass is 19.4. The van der Waals surface area contributed by atoms with Crippen LogP contribution in [0.2, 0.25) is 0 Å². The number of rotatable bonds is 7. The Morgan fingerprint density at radius 3 is 2.62 bits per heavy atom. The number of carbonyl (C=O) groups is 1. The number of alkyl halides is 3. The molecule has 184 valence electrons. The van der Waals surface area contributed by atoms with Crippen LogP contribution in [-0.2, 0) is 9.53 Å². The van der Waals surface area contributed by atoms with Gasteiger partial charge in [0.15, 0.2) is 0 Å². The third-order valence-electron chi connectivity index (χ3n) is 8.29. The molecule has 0 spiro atoms. The number of carbonyl (C=O) groups excluding carboxylic acids is 1. The molecule has 2 aromatic rings. The fraction of sp³-hybridized carbons (Fsp3) is 0.640. The van der Waals surface area contributed by atoms with E-state index in [0.717, 1.165) is 41.6 Å². The molecule has 4 fully saturated rings. The number of likely N-dealkylation sites (tertiary alicyclic amines) is 1. The largest absolute Gasteiger partial charge is 0.494 e. The summed E-state index contributed by atoms with van der Waals surface area (Å²) in [6, 6.07) is 5.83. The van der Waals surface area contributed by atoms with Crippen molar-refractivity contribution < 1.29 is 27.4 Å². The lowest BCUT2D eigenvalue weighted by Gasteiger charge is -2.20. The smallest absolute Gasteiger partial charge is 0.401 e. The van der Waals surface area contributed by atoms with Crippen molar-refractivity contribution in [2.24, 2.45) is 35.5 Å². The van der Waals surface area contributed by atoms with Gasteiger partial charge in [-0.1, -0.05) is 0 Å². The zero-order valence-electron chi connectivity index (χ0n) is 18.9. The van der Waals surface area contributed by atoms with Crippen LogP contribution in [0.25, 0.3) is 10.9 Å². The van der Waals surface area contributed by atoms with E-state index in [0.29, 0.717) is 62.5 Å². The molecule has 2 saturated carbocycles. The lowest BCUT2D eigenvalue weighted by atomic mass is 10.0. The predicted molar refractivity (Wildman–Crippen MR) is 121 cm³/mol. The summed E-state index contributed by atoms with van der Waals surface area (Å²) in [5.41, 5.74) is 1.71. The second kappa shape index (κ2) is 8.45. The monoisotopic (exact) mass is 477 g/mol. The first kappa shape index (κ1) is 22.2. The minimum Gasteiger partial charge on any atom is -0.494 e. The van der Waals surface area contributed by atoms with Crippen molar-refractivity contribution in [2.75, 3.05) is 44.8 Å². The zero-order valence-corrected chi connectivity index (χ0v) is 18.9. The fourth-order valence-corrected chi connectivity index (χ4v) is 6.62. The average molecular weight is 478 g/mol. The van der Waals surface area contributed by atoms with Gasteiger partial charge in [-0.2, -0.15) is 13.2 Å². The van der Waals surface area contributed by atoms with Gasteiger partial charge in [0.05, 0.1) is 32.1 Å². The molecule has 1 amide bonds. The molecule has 0 bridgehead atoms. The number of nitrogens with zero attached hydrogens (tertiary/aromatic N) is 1. The number of amides is 1. The second-order valence-corrected chi connectivity index (χ2v) is 10.6. The molecule has 2 aliphatic heterocycles. The van der Waals surface area contributed by atoms with Gasteiger partial charge >= 0.3 is 6.18 Å². The van der Waals surface area contributed by atoms with Crippen LogP contribution < -0.4 is 10.1 Å². The summed E-state index contributed by atoms with van der Waals surface area (Å²) in [5.74, 6) is 2.89. The number of nitrogens with one attached hydrogen (secondary N) is 2. The van der Waals surface area contributed by atoms with Crippen LogP contribution in [0.4, 0.5) is 18.9 Å². The van der Waals surface area contributed by atoms with Crippen molar-refractivity contribution in [3.63, 3.8) is 0 Å². The zero-order chi connectivity index (χ0) is 23.4. The van der Waals surface area contributed by atoms with Crippen LogP contribution in [0.5, 0.6) is 5.75 Å². The highest BCUT2D eigenvalue weighted by Gasteiger charge is 2.58. The van der Waals surface area contributed by atoms with E-state index >= 15 is 0 Å². The number of ether oxygens (including phenoxy) is 2. The summed E-state index contributed by atoms with van der Waals surface area (Å²) >= 11 is 0. The summed E-state index contributed by atoms with van der Waals surface area (Å²) < 4.78 is 49.4. The van der Waals surface area contributed by atoms with Crippen molar-refractivity contribution in [3.05, 3.63) is 24.4 Å². The third-order valence-corrected chi connectivity index (χ3v) is 8.29. The van der Waals surface area contributed by atoms with Crippen LogP contribution in [0.1, 0.15) is 19.3 Å². The van der Waals surface area contributed by atoms with E-state index in [1.807, 2.05) is 24.4 Å². The fourth-order valence-electron chi connectivity index (χ4n) is 6.62. The predicted octanol–water partition coefficient (Wildman–Crippen LogP) is 4.29.